The van der Waals surface area contributed by atoms with E-state index in [0.717, 1.165) is 29.2 Å². The van der Waals surface area contributed by atoms with Crippen molar-refractivity contribution in [1.29, 1.82) is 0 Å². The van der Waals surface area contributed by atoms with E-state index in [1.165, 1.54) is 0 Å². The van der Waals surface area contributed by atoms with Gasteiger partial charge in [0.1, 0.15) is 5.75 Å². The molecule has 2 rings (SSSR count). The standard InChI is InChI=1S/C18H25N3O2/c1-5-21-15(4)18(14(3)20-21)13(2)19-17(22)11-12-23-16-9-7-6-8-10-16/h6-10,13H,5,11-12H2,1-4H3,(H,19,22)/t13-/m1/s1. The molecule has 1 aromatic carbocycles. The molecule has 23 heavy (non-hydrogen) atoms. The van der Waals surface area contributed by atoms with Crippen molar-refractivity contribution in [2.24, 2.45) is 0 Å². The lowest BCUT2D eigenvalue weighted by molar-refractivity contribution is -0.122. The first kappa shape index (κ1) is 17.1. The molecule has 5 nitrogen and oxygen atoms in total. The summed E-state index contributed by atoms with van der Waals surface area (Å²) >= 11 is 0. The quantitative estimate of drug-likeness (QED) is 0.854. The predicted molar refractivity (Wildman–Crippen MR) is 90.5 cm³/mol. The molecule has 0 radical (unpaired) electrons. The Bertz CT molecular complexity index is 650. The van der Waals surface area contributed by atoms with Crippen LogP contribution in [0.15, 0.2) is 30.3 Å². The first-order chi connectivity index (χ1) is 11.0. The van der Waals surface area contributed by atoms with Crippen LogP contribution in [0.2, 0.25) is 0 Å². The molecule has 0 spiro atoms. The second kappa shape index (κ2) is 7.81. The topological polar surface area (TPSA) is 56.2 Å². The van der Waals surface area contributed by atoms with E-state index < -0.39 is 0 Å². The van der Waals surface area contributed by atoms with Gasteiger partial charge < -0.3 is 10.1 Å². The first-order valence-corrected chi connectivity index (χ1v) is 8.04. The lowest BCUT2D eigenvalue weighted by atomic mass is 10.1. The van der Waals surface area contributed by atoms with E-state index >= 15 is 0 Å². The Morgan fingerprint density at radius 3 is 2.61 bits per heavy atom. The van der Waals surface area contributed by atoms with Gasteiger partial charge in [-0.05, 0) is 39.8 Å². The summed E-state index contributed by atoms with van der Waals surface area (Å²) in [5.41, 5.74) is 3.18. The average Bonchev–Trinajstić information content (AvgIpc) is 2.82. The van der Waals surface area contributed by atoms with Crippen LogP contribution in [-0.2, 0) is 11.3 Å². The molecule has 0 aliphatic carbocycles. The number of aryl methyl sites for hydroxylation is 2. The molecule has 1 heterocycles. The number of carbonyl (C=O) groups excluding carboxylic acids is 1. The Balaban J connectivity index is 1.86. The van der Waals surface area contributed by atoms with Gasteiger partial charge >= 0.3 is 0 Å². The van der Waals surface area contributed by atoms with Crippen molar-refractivity contribution in [3.05, 3.63) is 47.3 Å². The number of hydrogen-bond donors (Lipinski definition) is 1. The number of benzene rings is 1. The number of para-hydroxylation sites is 1. The minimum absolute atomic E-state index is 0.0171. The molecule has 1 amide bonds. The number of nitrogens with one attached hydrogen (secondary N) is 1. The lowest BCUT2D eigenvalue weighted by Gasteiger charge is -2.15. The number of ether oxygens (including phenoxy) is 1. The second-order valence-electron chi connectivity index (χ2n) is 5.60. The highest BCUT2D eigenvalue weighted by Crippen LogP contribution is 2.21. The van der Waals surface area contributed by atoms with Crippen molar-refractivity contribution < 1.29 is 9.53 Å². The maximum atomic E-state index is 12.1. The SMILES string of the molecule is CCn1nc(C)c([C@@H](C)NC(=O)CCOc2ccccc2)c1C. The molecule has 0 saturated carbocycles. The van der Waals surface area contributed by atoms with Gasteiger partial charge in [-0.15, -0.1) is 0 Å². The fourth-order valence-corrected chi connectivity index (χ4v) is 2.81. The van der Waals surface area contributed by atoms with Gasteiger partial charge in [-0.3, -0.25) is 9.48 Å². The maximum Gasteiger partial charge on any atom is 0.223 e. The summed E-state index contributed by atoms with van der Waals surface area (Å²) in [6.07, 6.45) is 0.333. The molecule has 0 aliphatic rings. The van der Waals surface area contributed by atoms with Gasteiger partial charge in [0.2, 0.25) is 5.91 Å². The molecule has 124 valence electrons. The third-order valence-electron chi connectivity index (χ3n) is 3.89. The lowest BCUT2D eigenvalue weighted by Crippen LogP contribution is -2.28. The number of rotatable bonds is 7. The van der Waals surface area contributed by atoms with Crippen LogP contribution >= 0.6 is 0 Å². The summed E-state index contributed by atoms with van der Waals surface area (Å²) in [6, 6.07) is 9.46. The van der Waals surface area contributed by atoms with Gasteiger partial charge in [0, 0.05) is 17.8 Å². The molecule has 0 unspecified atom stereocenters. The van der Waals surface area contributed by atoms with Crippen molar-refractivity contribution in [1.82, 2.24) is 15.1 Å². The fourth-order valence-electron chi connectivity index (χ4n) is 2.81. The van der Waals surface area contributed by atoms with Crippen LogP contribution in [0.3, 0.4) is 0 Å². The molecular formula is C18H25N3O2. The van der Waals surface area contributed by atoms with Crippen LogP contribution < -0.4 is 10.1 Å². The second-order valence-corrected chi connectivity index (χ2v) is 5.60. The summed E-state index contributed by atoms with van der Waals surface area (Å²) in [5, 5.41) is 7.53. The van der Waals surface area contributed by atoms with Gasteiger partial charge in [-0.1, -0.05) is 18.2 Å². The largest absolute Gasteiger partial charge is 0.493 e. The molecule has 0 saturated heterocycles. The van der Waals surface area contributed by atoms with Gasteiger partial charge in [0.05, 0.1) is 24.8 Å². The van der Waals surface area contributed by atoms with E-state index in [-0.39, 0.29) is 11.9 Å². The molecule has 1 atom stereocenters. The van der Waals surface area contributed by atoms with Gasteiger partial charge in [0.25, 0.3) is 0 Å². The van der Waals surface area contributed by atoms with Crippen molar-refractivity contribution in [3.8, 4) is 5.75 Å². The summed E-state index contributed by atoms with van der Waals surface area (Å²) in [4.78, 5) is 12.1. The highest BCUT2D eigenvalue weighted by molar-refractivity contribution is 5.76. The normalized spacial score (nSPS) is 12.0. The highest BCUT2D eigenvalue weighted by atomic mass is 16.5. The molecule has 5 heteroatoms. The van der Waals surface area contributed by atoms with Crippen LogP contribution in [-0.4, -0.2) is 22.3 Å². The Kier molecular flexibility index (Phi) is 5.79. The zero-order valence-electron chi connectivity index (χ0n) is 14.3. The molecule has 1 aromatic heterocycles. The van der Waals surface area contributed by atoms with Crippen molar-refractivity contribution in [3.63, 3.8) is 0 Å². The Hall–Kier alpha value is -2.30. The summed E-state index contributed by atoms with van der Waals surface area (Å²) < 4.78 is 7.52. The fraction of sp³-hybridized carbons (Fsp3) is 0.444. The van der Waals surface area contributed by atoms with Crippen LogP contribution in [0.5, 0.6) is 5.75 Å². The van der Waals surface area contributed by atoms with Gasteiger partial charge in [-0.2, -0.15) is 5.10 Å². The van der Waals surface area contributed by atoms with E-state index in [2.05, 4.69) is 17.3 Å². The highest BCUT2D eigenvalue weighted by Gasteiger charge is 2.18. The molecular weight excluding hydrogens is 290 g/mol. The maximum absolute atomic E-state index is 12.1. The zero-order chi connectivity index (χ0) is 16.8. The van der Waals surface area contributed by atoms with E-state index in [1.807, 2.05) is 55.8 Å². The summed E-state index contributed by atoms with van der Waals surface area (Å²) in [5.74, 6) is 0.765. The zero-order valence-corrected chi connectivity index (χ0v) is 14.3. The van der Waals surface area contributed by atoms with E-state index in [4.69, 9.17) is 4.74 Å². The van der Waals surface area contributed by atoms with Crippen molar-refractivity contribution >= 4 is 5.91 Å². The smallest absolute Gasteiger partial charge is 0.223 e. The number of carbonyl (C=O) groups is 1. The summed E-state index contributed by atoms with van der Waals surface area (Å²) in [6.45, 7) is 9.28. The van der Waals surface area contributed by atoms with Crippen LogP contribution in [0.25, 0.3) is 0 Å². The Morgan fingerprint density at radius 2 is 2.00 bits per heavy atom. The third kappa shape index (κ3) is 4.34. The molecule has 2 aromatic rings. The number of nitrogens with zero attached hydrogens (tertiary/aromatic N) is 2. The van der Waals surface area contributed by atoms with Gasteiger partial charge in [-0.25, -0.2) is 0 Å². The minimum Gasteiger partial charge on any atom is -0.493 e. The van der Waals surface area contributed by atoms with E-state index in [9.17, 15) is 4.79 Å². The van der Waals surface area contributed by atoms with Crippen LogP contribution in [0.1, 0.15) is 43.3 Å². The number of amides is 1. The molecule has 1 N–H and O–H groups in total. The average molecular weight is 315 g/mol. The van der Waals surface area contributed by atoms with Crippen molar-refractivity contribution in [2.75, 3.05) is 6.61 Å². The first-order valence-electron chi connectivity index (χ1n) is 8.04. The van der Waals surface area contributed by atoms with E-state index in [0.29, 0.717) is 13.0 Å². The molecule has 0 bridgehead atoms. The van der Waals surface area contributed by atoms with E-state index in [1.54, 1.807) is 0 Å². The van der Waals surface area contributed by atoms with Crippen LogP contribution in [0.4, 0.5) is 0 Å². The molecule has 0 fully saturated rings. The Labute approximate surface area is 137 Å². The molecule has 0 aliphatic heterocycles. The monoisotopic (exact) mass is 315 g/mol. The third-order valence-corrected chi connectivity index (χ3v) is 3.89. The van der Waals surface area contributed by atoms with Gasteiger partial charge in [0.15, 0.2) is 0 Å². The van der Waals surface area contributed by atoms with Crippen molar-refractivity contribution in [2.45, 2.75) is 46.7 Å². The number of aromatic nitrogens is 2. The minimum atomic E-state index is -0.0560. The predicted octanol–water partition coefficient (Wildman–Crippen LogP) is 3.17. The number of hydrogen-bond acceptors (Lipinski definition) is 3. The van der Waals surface area contributed by atoms with Crippen LogP contribution in [0, 0.1) is 13.8 Å². The Morgan fingerprint density at radius 1 is 1.30 bits per heavy atom. The summed E-state index contributed by atoms with van der Waals surface area (Å²) in [7, 11) is 0.